The number of pyridine rings is 2. The quantitative estimate of drug-likeness (QED) is 0.507. The van der Waals surface area contributed by atoms with Gasteiger partial charge in [0.05, 0.1) is 11.9 Å². The number of H-pyrrole nitrogens is 1. The first-order chi connectivity index (χ1) is 14.7. The molecule has 5 nitrogen and oxygen atoms in total. The van der Waals surface area contributed by atoms with Crippen molar-refractivity contribution in [3.63, 3.8) is 0 Å². The van der Waals surface area contributed by atoms with Crippen LogP contribution in [0.4, 0.5) is 15.9 Å². The van der Waals surface area contributed by atoms with Gasteiger partial charge < -0.3 is 14.8 Å². The largest absolute Gasteiger partial charge is 0.365 e. The number of halogens is 1. The number of benzene rings is 1. The zero-order valence-electron chi connectivity index (χ0n) is 17.5. The van der Waals surface area contributed by atoms with Crippen LogP contribution in [0.1, 0.15) is 31.5 Å². The predicted octanol–water partition coefficient (Wildman–Crippen LogP) is 5.05. The van der Waals surface area contributed by atoms with Gasteiger partial charge in [-0.25, -0.2) is 14.4 Å². The molecule has 1 aliphatic heterocycles. The first-order valence-corrected chi connectivity index (χ1v) is 10.7. The highest BCUT2D eigenvalue weighted by Gasteiger charge is 2.22. The molecule has 0 spiro atoms. The van der Waals surface area contributed by atoms with Crippen LogP contribution in [-0.2, 0) is 13.0 Å². The van der Waals surface area contributed by atoms with E-state index in [-0.39, 0.29) is 5.82 Å². The lowest BCUT2D eigenvalue weighted by molar-refractivity contribution is 0.629. The van der Waals surface area contributed by atoms with Crippen molar-refractivity contribution in [1.29, 1.82) is 0 Å². The number of hydrogen-bond acceptors (Lipinski definition) is 4. The zero-order chi connectivity index (χ0) is 20.7. The Bertz CT molecular complexity index is 1220. The second-order valence-corrected chi connectivity index (χ2v) is 7.93. The van der Waals surface area contributed by atoms with Crippen LogP contribution < -0.4 is 9.80 Å². The summed E-state index contributed by atoms with van der Waals surface area (Å²) in [4.78, 5) is 17.5. The van der Waals surface area contributed by atoms with Gasteiger partial charge >= 0.3 is 0 Å². The van der Waals surface area contributed by atoms with E-state index in [1.807, 2.05) is 12.3 Å². The maximum absolute atomic E-state index is 13.8. The van der Waals surface area contributed by atoms with E-state index < -0.39 is 0 Å². The third-order valence-electron chi connectivity index (χ3n) is 6.01. The van der Waals surface area contributed by atoms with Gasteiger partial charge in [0.15, 0.2) is 5.65 Å². The molecule has 1 N–H and O–H groups in total. The fourth-order valence-electron chi connectivity index (χ4n) is 4.45. The Balaban J connectivity index is 1.45. The molecule has 3 aromatic heterocycles. The van der Waals surface area contributed by atoms with Gasteiger partial charge in [0.2, 0.25) is 0 Å². The Kier molecular flexibility index (Phi) is 4.77. The van der Waals surface area contributed by atoms with Crippen LogP contribution >= 0.6 is 0 Å². The van der Waals surface area contributed by atoms with Gasteiger partial charge in [-0.05, 0) is 49.7 Å². The smallest absolute Gasteiger partial charge is 0.161 e. The van der Waals surface area contributed by atoms with Gasteiger partial charge in [0.1, 0.15) is 11.6 Å². The first kappa shape index (κ1) is 18.9. The summed E-state index contributed by atoms with van der Waals surface area (Å²) < 4.78 is 13.8. The van der Waals surface area contributed by atoms with Crippen molar-refractivity contribution in [1.82, 2.24) is 15.0 Å². The van der Waals surface area contributed by atoms with Crippen LogP contribution in [0.3, 0.4) is 0 Å². The minimum absolute atomic E-state index is 0.195. The van der Waals surface area contributed by atoms with E-state index >= 15 is 0 Å². The summed E-state index contributed by atoms with van der Waals surface area (Å²) in [6.45, 7) is 7.92. The maximum Gasteiger partial charge on any atom is 0.161 e. The average Bonchev–Trinajstić information content (AvgIpc) is 3.14. The van der Waals surface area contributed by atoms with Gasteiger partial charge in [0, 0.05) is 60.1 Å². The summed E-state index contributed by atoms with van der Waals surface area (Å²) in [6, 6.07) is 11.3. The molecule has 1 aromatic carbocycles. The summed E-state index contributed by atoms with van der Waals surface area (Å²) in [7, 11) is 0. The van der Waals surface area contributed by atoms with Gasteiger partial charge in [-0.2, -0.15) is 0 Å². The summed E-state index contributed by atoms with van der Waals surface area (Å²) in [5, 5.41) is 2.02. The number of nitrogens with zero attached hydrogens (tertiary/aromatic N) is 4. The molecule has 0 saturated heterocycles. The van der Waals surface area contributed by atoms with Crippen molar-refractivity contribution in [3.05, 3.63) is 59.7 Å². The molecule has 1 aliphatic rings. The number of aromatic amines is 1. The molecule has 0 saturated carbocycles. The van der Waals surface area contributed by atoms with Crippen molar-refractivity contribution in [2.24, 2.45) is 0 Å². The van der Waals surface area contributed by atoms with Crippen molar-refractivity contribution in [3.8, 4) is 0 Å². The lowest BCUT2D eigenvalue weighted by atomic mass is 10.0. The van der Waals surface area contributed by atoms with Gasteiger partial charge in [-0.1, -0.05) is 6.92 Å². The highest BCUT2D eigenvalue weighted by molar-refractivity contribution is 5.86. The molecule has 4 heterocycles. The Morgan fingerprint density at radius 3 is 2.90 bits per heavy atom. The van der Waals surface area contributed by atoms with E-state index in [0.29, 0.717) is 0 Å². The van der Waals surface area contributed by atoms with Crippen LogP contribution in [-0.4, -0.2) is 34.6 Å². The number of hydrogen-bond donors (Lipinski definition) is 1. The molecule has 5 rings (SSSR count). The number of aromatic nitrogens is 3. The van der Waals surface area contributed by atoms with E-state index in [1.54, 1.807) is 6.07 Å². The zero-order valence-corrected chi connectivity index (χ0v) is 17.5. The fraction of sp³-hybridized carbons (Fsp3) is 0.333. The molecule has 4 aromatic rings. The SMILES string of the molecule is CCCN(CC)c1ccc2cc(N3CCc4[nH]c5ccc(F)cc5c4C3)cnc2n1. The molecular weight excluding hydrogens is 377 g/mol. The summed E-state index contributed by atoms with van der Waals surface area (Å²) in [5.41, 5.74) is 5.25. The number of nitrogens with one attached hydrogen (secondary N) is 1. The normalized spacial score (nSPS) is 13.8. The maximum atomic E-state index is 13.8. The topological polar surface area (TPSA) is 48.0 Å². The Morgan fingerprint density at radius 1 is 1.17 bits per heavy atom. The summed E-state index contributed by atoms with van der Waals surface area (Å²) in [5.74, 6) is 0.787. The Hall–Kier alpha value is -3.15. The molecule has 0 unspecified atom stereocenters. The summed E-state index contributed by atoms with van der Waals surface area (Å²) >= 11 is 0. The predicted molar refractivity (Wildman–Crippen MR) is 121 cm³/mol. The van der Waals surface area contributed by atoms with Crippen molar-refractivity contribution < 1.29 is 4.39 Å². The molecule has 154 valence electrons. The average molecular weight is 404 g/mol. The van der Waals surface area contributed by atoms with Crippen LogP contribution in [0.5, 0.6) is 0 Å². The minimum Gasteiger partial charge on any atom is -0.365 e. The first-order valence-electron chi connectivity index (χ1n) is 10.7. The lowest BCUT2D eigenvalue weighted by Crippen LogP contribution is -2.30. The molecule has 0 amide bonds. The van der Waals surface area contributed by atoms with E-state index in [1.165, 1.54) is 17.3 Å². The third-order valence-corrected chi connectivity index (χ3v) is 6.01. The third kappa shape index (κ3) is 3.26. The summed E-state index contributed by atoms with van der Waals surface area (Å²) in [6.07, 6.45) is 3.91. The molecule has 0 aliphatic carbocycles. The van der Waals surface area contributed by atoms with Gasteiger partial charge in [0.25, 0.3) is 0 Å². The van der Waals surface area contributed by atoms with E-state index in [4.69, 9.17) is 4.98 Å². The van der Waals surface area contributed by atoms with Crippen molar-refractivity contribution >= 4 is 33.4 Å². The lowest BCUT2D eigenvalue weighted by Gasteiger charge is -2.29. The highest BCUT2D eigenvalue weighted by Crippen LogP contribution is 2.31. The van der Waals surface area contributed by atoms with E-state index in [2.05, 4.69) is 51.8 Å². The van der Waals surface area contributed by atoms with Crippen LogP contribution in [0, 0.1) is 5.82 Å². The van der Waals surface area contributed by atoms with Crippen LogP contribution in [0.25, 0.3) is 21.9 Å². The van der Waals surface area contributed by atoms with E-state index in [0.717, 1.165) is 72.5 Å². The molecule has 0 atom stereocenters. The number of fused-ring (bicyclic) bond motifs is 4. The number of anilines is 2. The Labute approximate surface area is 175 Å². The second kappa shape index (κ2) is 7.59. The molecule has 30 heavy (non-hydrogen) atoms. The standard InChI is InChI=1S/C24H26FN5/c1-3-10-29(4-2)23-8-5-16-12-18(14-26-24(16)28-23)30-11-9-22-20(15-30)19-13-17(25)6-7-21(19)27-22/h5-8,12-14,27H,3-4,9-11,15H2,1-2H3. The van der Waals surface area contributed by atoms with Crippen molar-refractivity contribution in [2.45, 2.75) is 33.2 Å². The fourth-order valence-corrected chi connectivity index (χ4v) is 4.45. The molecule has 0 radical (unpaired) electrons. The molecular formula is C24H26FN5. The van der Waals surface area contributed by atoms with Gasteiger partial charge in [-0.15, -0.1) is 0 Å². The number of rotatable bonds is 5. The van der Waals surface area contributed by atoms with Gasteiger partial charge in [-0.3, -0.25) is 0 Å². The highest BCUT2D eigenvalue weighted by atomic mass is 19.1. The monoisotopic (exact) mass is 403 g/mol. The molecule has 0 bridgehead atoms. The second-order valence-electron chi connectivity index (χ2n) is 7.93. The molecule has 6 heteroatoms. The van der Waals surface area contributed by atoms with E-state index in [9.17, 15) is 4.39 Å². The van der Waals surface area contributed by atoms with Crippen molar-refractivity contribution in [2.75, 3.05) is 29.4 Å². The Morgan fingerprint density at radius 2 is 2.07 bits per heavy atom. The van der Waals surface area contributed by atoms with Crippen LogP contribution in [0.15, 0.2) is 42.6 Å². The van der Waals surface area contributed by atoms with Crippen LogP contribution in [0.2, 0.25) is 0 Å². The molecule has 0 fully saturated rings. The minimum atomic E-state index is -0.195.